The molecule has 0 aliphatic heterocycles. The fourth-order valence-electron chi connectivity index (χ4n) is 1.99. The normalized spacial score (nSPS) is 12.8. The van der Waals surface area contributed by atoms with Crippen molar-refractivity contribution in [3.05, 3.63) is 60.7 Å². The molecule has 3 nitrogen and oxygen atoms in total. The van der Waals surface area contributed by atoms with Crippen molar-refractivity contribution in [1.29, 1.82) is 0 Å². The number of benzene rings is 2. The van der Waals surface area contributed by atoms with Crippen molar-refractivity contribution in [2.75, 3.05) is 18.9 Å². The molecule has 2 aromatic carbocycles. The second kappa shape index (κ2) is 8.96. The molecule has 0 saturated carbocycles. The smallest absolute Gasteiger partial charge is 0.119 e. The molecular formula is C19H25NO2S. The van der Waals surface area contributed by atoms with E-state index in [0.29, 0.717) is 13.2 Å². The van der Waals surface area contributed by atoms with Gasteiger partial charge in [0.05, 0.1) is 0 Å². The van der Waals surface area contributed by atoms with Gasteiger partial charge >= 0.3 is 0 Å². The number of nitrogens with one attached hydrogen (secondary N) is 1. The lowest BCUT2D eigenvalue weighted by Crippen LogP contribution is -2.46. The van der Waals surface area contributed by atoms with Crippen LogP contribution in [-0.4, -0.2) is 35.7 Å². The molecule has 0 aromatic heterocycles. The summed E-state index contributed by atoms with van der Waals surface area (Å²) in [6.07, 6.45) is -0.531. The zero-order chi connectivity index (χ0) is 16.5. The van der Waals surface area contributed by atoms with E-state index in [4.69, 9.17) is 4.74 Å². The fraction of sp³-hybridized carbons (Fsp3) is 0.368. The average Bonchev–Trinajstić information content (AvgIpc) is 2.58. The Morgan fingerprint density at radius 1 is 1.04 bits per heavy atom. The highest BCUT2D eigenvalue weighted by Crippen LogP contribution is 2.22. The van der Waals surface area contributed by atoms with Crippen molar-refractivity contribution in [2.45, 2.75) is 30.4 Å². The molecule has 0 aliphatic rings. The van der Waals surface area contributed by atoms with Crippen LogP contribution in [0.25, 0.3) is 0 Å². The lowest BCUT2D eigenvalue weighted by atomic mass is 10.1. The van der Waals surface area contributed by atoms with Gasteiger partial charge in [-0.15, -0.1) is 11.8 Å². The van der Waals surface area contributed by atoms with E-state index in [1.807, 2.05) is 60.3 Å². The van der Waals surface area contributed by atoms with Crippen LogP contribution in [0, 0.1) is 0 Å². The second-order valence-corrected chi connectivity index (χ2v) is 7.19. The molecule has 4 heteroatoms. The molecule has 2 N–H and O–H groups in total. The van der Waals surface area contributed by atoms with E-state index in [1.165, 1.54) is 4.90 Å². The predicted octanol–water partition coefficient (Wildman–Crippen LogP) is 3.59. The molecule has 23 heavy (non-hydrogen) atoms. The standard InChI is InChI=1S/C19H25NO2S/c1-19(2,15-23-18-11-7-4-8-12-18)20-13-16(21)14-22-17-9-5-3-6-10-17/h3-12,16,20-21H,13-15H2,1-2H3. The van der Waals surface area contributed by atoms with E-state index in [1.54, 1.807) is 0 Å². The third-order valence-corrected chi connectivity index (χ3v) is 4.82. The molecule has 0 bridgehead atoms. The van der Waals surface area contributed by atoms with Gasteiger partial charge in [0.1, 0.15) is 18.5 Å². The average molecular weight is 331 g/mol. The number of para-hydroxylation sites is 1. The first-order valence-electron chi connectivity index (χ1n) is 7.84. The third-order valence-electron chi connectivity index (χ3n) is 3.34. The van der Waals surface area contributed by atoms with E-state index in [-0.39, 0.29) is 5.54 Å². The van der Waals surface area contributed by atoms with Gasteiger partial charge in [-0.2, -0.15) is 0 Å². The van der Waals surface area contributed by atoms with Gasteiger partial charge in [-0.3, -0.25) is 0 Å². The zero-order valence-corrected chi connectivity index (χ0v) is 14.6. The van der Waals surface area contributed by atoms with Crippen LogP contribution >= 0.6 is 11.8 Å². The fourth-order valence-corrected chi connectivity index (χ4v) is 2.97. The van der Waals surface area contributed by atoms with Crippen molar-refractivity contribution in [3.8, 4) is 5.75 Å². The molecule has 2 rings (SSSR count). The summed E-state index contributed by atoms with van der Waals surface area (Å²) in [7, 11) is 0. The number of aliphatic hydroxyl groups excluding tert-OH is 1. The van der Waals surface area contributed by atoms with Crippen molar-refractivity contribution >= 4 is 11.8 Å². The molecule has 2 aromatic rings. The molecule has 0 fully saturated rings. The molecule has 1 unspecified atom stereocenters. The van der Waals surface area contributed by atoms with Gasteiger partial charge in [0.25, 0.3) is 0 Å². The van der Waals surface area contributed by atoms with Crippen LogP contribution in [0.4, 0.5) is 0 Å². The first kappa shape index (κ1) is 17.9. The molecule has 0 amide bonds. The van der Waals surface area contributed by atoms with Crippen molar-refractivity contribution in [1.82, 2.24) is 5.32 Å². The number of hydrogen-bond donors (Lipinski definition) is 2. The van der Waals surface area contributed by atoms with Crippen LogP contribution in [-0.2, 0) is 0 Å². The summed E-state index contributed by atoms with van der Waals surface area (Å²) < 4.78 is 5.57. The van der Waals surface area contributed by atoms with Crippen molar-refractivity contribution in [3.63, 3.8) is 0 Å². The first-order valence-corrected chi connectivity index (χ1v) is 8.82. The molecule has 124 valence electrons. The summed E-state index contributed by atoms with van der Waals surface area (Å²) in [5.41, 5.74) is -0.0613. The maximum absolute atomic E-state index is 10.1. The summed E-state index contributed by atoms with van der Waals surface area (Å²) in [5, 5.41) is 13.5. The van der Waals surface area contributed by atoms with Crippen LogP contribution in [0.3, 0.4) is 0 Å². The molecule has 1 atom stereocenters. The number of rotatable bonds is 9. The quantitative estimate of drug-likeness (QED) is 0.689. The maximum Gasteiger partial charge on any atom is 0.119 e. The highest BCUT2D eigenvalue weighted by Gasteiger charge is 2.19. The predicted molar refractivity (Wildman–Crippen MR) is 97.2 cm³/mol. The van der Waals surface area contributed by atoms with Gasteiger partial charge in [0.15, 0.2) is 0 Å². The Morgan fingerprint density at radius 3 is 2.30 bits per heavy atom. The zero-order valence-electron chi connectivity index (χ0n) is 13.7. The minimum atomic E-state index is -0.531. The van der Waals surface area contributed by atoms with Crippen molar-refractivity contribution in [2.24, 2.45) is 0 Å². The van der Waals surface area contributed by atoms with Gasteiger partial charge in [0, 0.05) is 22.7 Å². The Bertz CT molecular complexity index is 560. The molecule has 0 spiro atoms. The number of hydrogen-bond acceptors (Lipinski definition) is 4. The molecular weight excluding hydrogens is 306 g/mol. The largest absolute Gasteiger partial charge is 0.491 e. The van der Waals surface area contributed by atoms with Crippen molar-refractivity contribution < 1.29 is 9.84 Å². The lowest BCUT2D eigenvalue weighted by Gasteiger charge is -2.27. The number of β-amino-alcohol motifs (C(OH)–C–C–N with tert-alkyl or cyclic N) is 1. The molecule has 0 radical (unpaired) electrons. The summed E-state index contributed by atoms with van der Waals surface area (Å²) in [5.74, 6) is 1.72. The summed E-state index contributed by atoms with van der Waals surface area (Å²) in [6, 6.07) is 19.9. The van der Waals surface area contributed by atoms with Crippen LogP contribution in [0.15, 0.2) is 65.6 Å². The summed E-state index contributed by atoms with van der Waals surface area (Å²) in [6.45, 7) is 5.09. The van der Waals surface area contributed by atoms with Gasteiger partial charge in [-0.25, -0.2) is 0 Å². The highest BCUT2D eigenvalue weighted by atomic mass is 32.2. The van der Waals surface area contributed by atoms with Gasteiger partial charge in [0.2, 0.25) is 0 Å². The second-order valence-electron chi connectivity index (χ2n) is 6.14. The monoisotopic (exact) mass is 331 g/mol. The number of aliphatic hydroxyl groups is 1. The molecule has 0 heterocycles. The number of ether oxygens (including phenoxy) is 1. The third kappa shape index (κ3) is 7.08. The topological polar surface area (TPSA) is 41.5 Å². The number of thioether (sulfide) groups is 1. The van der Waals surface area contributed by atoms with Gasteiger partial charge in [-0.05, 0) is 38.1 Å². The van der Waals surface area contributed by atoms with E-state index < -0.39 is 6.10 Å². The van der Waals surface area contributed by atoms with E-state index >= 15 is 0 Å². The summed E-state index contributed by atoms with van der Waals surface area (Å²) in [4.78, 5) is 1.26. The Balaban J connectivity index is 1.68. The molecule has 0 saturated heterocycles. The minimum Gasteiger partial charge on any atom is -0.491 e. The Morgan fingerprint density at radius 2 is 1.65 bits per heavy atom. The SMILES string of the molecule is CC(C)(CSc1ccccc1)NCC(O)COc1ccccc1. The minimum absolute atomic E-state index is 0.0613. The molecule has 0 aliphatic carbocycles. The first-order chi connectivity index (χ1) is 11.1. The Labute approximate surface area is 143 Å². The Hall–Kier alpha value is -1.49. The lowest BCUT2D eigenvalue weighted by molar-refractivity contribution is 0.100. The highest BCUT2D eigenvalue weighted by molar-refractivity contribution is 7.99. The maximum atomic E-state index is 10.1. The van der Waals surface area contributed by atoms with Gasteiger partial charge < -0.3 is 15.2 Å². The summed E-state index contributed by atoms with van der Waals surface area (Å²) >= 11 is 1.81. The van der Waals surface area contributed by atoms with E-state index in [2.05, 4.69) is 31.3 Å². The van der Waals surface area contributed by atoms with E-state index in [9.17, 15) is 5.11 Å². The van der Waals surface area contributed by atoms with Crippen LogP contribution in [0.1, 0.15) is 13.8 Å². The van der Waals surface area contributed by atoms with Crippen LogP contribution < -0.4 is 10.1 Å². The van der Waals surface area contributed by atoms with Crippen LogP contribution in [0.5, 0.6) is 5.75 Å². The van der Waals surface area contributed by atoms with Gasteiger partial charge in [-0.1, -0.05) is 36.4 Å². The van der Waals surface area contributed by atoms with Crippen LogP contribution in [0.2, 0.25) is 0 Å². The Kier molecular flexibility index (Phi) is 6.96. The van der Waals surface area contributed by atoms with E-state index in [0.717, 1.165) is 11.5 Å².